The van der Waals surface area contributed by atoms with E-state index in [2.05, 4.69) is 171 Å². The summed E-state index contributed by atoms with van der Waals surface area (Å²) in [5.74, 6) is 0.793. The molecule has 0 spiro atoms. The van der Waals surface area contributed by atoms with Crippen molar-refractivity contribution >= 4 is 60.8 Å². The van der Waals surface area contributed by atoms with Gasteiger partial charge in [-0.25, -0.2) is 0 Å². The highest BCUT2D eigenvalue weighted by Gasteiger charge is 2.28. The predicted octanol–water partition coefficient (Wildman–Crippen LogP) is 13.3. The molecule has 0 atom stereocenters. The first kappa shape index (κ1) is 30.3. The van der Waals surface area contributed by atoms with Crippen molar-refractivity contribution in [1.82, 2.24) is 0 Å². The van der Waals surface area contributed by atoms with Gasteiger partial charge < -0.3 is 9.80 Å². The number of fused-ring (bicyclic) bond motifs is 5. The summed E-state index contributed by atoms with van der Waals surface area (Å²) in [5.41, 5.74) is 9.93. The zero-order chi connectivity index (χ0) is 32.8. The van der Waals surface area contributed by atoms with Crippen LogP contribution in [0.25, 0.3) is 32.3 Å². The molecular formula is C46H44N2. The van der Waals surface area contributed by atoms with Gasteiger partial charge in [0.1, 0.15) is 0 Å². The first-order chi connectivity index (χ1) is 23.4. The van der Waals surface area contributed by atoms with Crippen LogP contribution in [0.2, 0.25) is 0 Å². The molecule has 0 aromatic heterocycles. The molecule has 48 heavy (non-hydrogen) atoms. The molecule has 1 fully saturated rings. The van der Waals surface area contributed by atoms with Crippen molar-refractivity contribution in [2.24, 2.45) is 5.92 Å². The Hall–Kier alpha value is -5.08. The van der Waals surface area contributed by atoms with Crippen LogP contribution in [0.15, 0.2) is 133 Å². The number of hydrogen-bond donors (Lipinski definition) is 0. The Balaban J connectivity index is 1.42. The van der Waals surface area contributed by atoms with Gasteiger partial charge in [-0.15, -0.1) is 0 Å². The molecule has 1 aliphatic carbocycles. The Morgan fingerprint density at radius 1 is 0.417 bits per heavy atom. The molecule has 238 valence electrons. The molecule has 7 aromatic carbocycles. The standard InChI is InChI=1S/C46H44N2/c1-31-13-21-35(22-14-31)47(36-23-15-32(2)16-24-36)45-29-43-40-10-6-8-12-42(40)46(30-44(43)39-9-5-7-11-41(39)45)48(37-25-17-33(3)18-26-37)38-27-19-34(4)20-28-38/h5-18,21-26,29-30,34,38H,19-20,27-28H2,1-4H3. The molecule has 0 amide bonds. The van der Waals surface area contributed by atoms with E-state index in [1.807, 2.05) is 0 Å². The fraction of sp³-hybridized carbons (Fsp3) is 0.217. The fourth-order valence-corrected chi connectivity index (χ4v) is 7.86. The maximum Gasteiger partial charge on any atom is 0.0546 e. The summed E-state index contributed by atoms with van der Waals surface area (Å²) in [7, 11) is 0. The fourth-order valence-electron chi connectivity index (χ4n) is 7.86. The number of rotatable bonds is 6. The van der Waals surface area contributed by atoms with Gasteiger partial charge in [-0.2, -0.15) is 0 Å². The summed E-state index contributed by atoms with van der Waals surface area (Å²) < 4.78 is 0. The SMILES string of the molecule is Cc1ccc(N(c2ccc(C)cc2)c2cc3c4ccccc4c(N(c4ccc(C)cc4)C4CCC(C)CC4)cc3c3ccccc23)cc1. The van der Waals surface area contributed by atoms with Crippen molar-refractivity contribution in [3.8, 4) is 0 Å². The summed E-state index contributed by atoms with van der Waals surface area (Å²) in [4.78, 5) is 5.12. The van der Waals surface area contributed by atoms with Gasteiger partial charge in [-0.1, -0.05) is 109 Å². The highest BCUT2D eigenvalue weighted by Crippen LogP contribution is 2.47. The van der Waals surface area contributed by atoms with Gasteiger partial charge in [0.15, 0.2) is 0 Å². The van der Waals surface area contributed by atoms with Gasteiger partial charge in [0, 0.05) is 39.6 Å². The summed E-state index contributed by atoms with van der Waals surface area (Å²) in [6.45, 7) is 8.91. The van der Waals surface area contributed by atoms with E-state index in [1.54, 1.807) is 0 Å². The minimum absolute atomic E-state index is 0.467. The molecule has 0 heterocycles. The van der Waals surface area contributed by atoms with Crippen LogP contribution < -0.4 is 9.80 Å². The Morgan fingerprint density at radius 3 is 1.29 bits per heavy atom. The molecule has 0 bridgehead atoms. The Morgan fingerprint density at radius 2 is 0.812 bits per heavy atom. The van der Waals surface area contributed by atoms with E-state index in [4.69, 9.17) is 0 Å². The first-order valence-corrected chi connectivity index (χ1v) is 17.6. The summed E-state index contributed by atoms with van der Waals surface area (Å²) in [6.07, 6.45) is 4.98. The third-order valence-corrected chi connectivity index (χ3v) is 10.6. The molecule has 8 rings (SSSR count). The van der Waals surface area contributed by atoms with Crippen LogP contribution in [0, 0.1) is 26.7 Å². The molecule has 1 aliphatic rings. The van der Waals surface area contributed by atoms with E-state index < -0.39 is 0 Å². The number of hydrogen-bond acceptors (Lipinski definition) is 2. The van der Waals surface area contributed by atoms with Crippen molar-refractivity contribution in [2.45, 2.75) is 59.4 Å². The normalized spacial score (nSPS) is 16.4. The van der Waals surface area contributed by atoms with Crippen LogP contribution in [0.1, 0.15) is 49.3 Å². The summed E-state index contributed by atoms with van der Waals surface area (Å²) in [6, 6.07) is 50.6. The average molecular weight is 625 g/mol. The maximum absolute atomic E-state index is 2.68. The van der Waals surface area contributed by atoms with Gasteiger partial charge >= 0.3 is 0 Å². The van der Waals surface area contributed by atoms with E-state index in [1.165, 1.54) is 91.8 Å². The monoisotopic (exact) mass is 624 g/mol. The molecule has 0 aliphatic heterocycles. The summed E-state index contributed by atoms with van der Waals surface area (Å²) in [5, 5.41) is 7.72. The summed E-state index contributed by atoms with van der Waals surface area (Å²) >= 11 is 0. The molecule has 2 heteroatoms. The molecule has 1 saturated carbocycles. The molecular weight excluding hydrogens is 581 g/mol. The van der Waals surface area contributed by atoms with E-state index in [-0.39, 0.29) is 0 Å². The molecule has 7 aromatic rings. The van der Waals surface area contributed by atoms with Gasteiger partial charge in [0.2, 0.25) is 0 Å². The van der Waals surface area contributed by atoms with E-state index in [0.29, 0.717) is 6.04 Å². The van der Waals surface area contributed by atoms with Crippen LogP contribution in [0.3, 0.4) is 0 Å². The number of benzene rings is 7. The van der Waals surface area contributed by atoms with Gasteiger partial charge in [-0.3, -0.25) is 0 Å². The number of nitrogens with zero attached hydrogens (tertiary/aromatic N) is 2. The predicted molar refractivity (Wildman–Crippen MR) is 208 cm³/mol. The topological polar surface area (TPSA) is 6.48 Å². The highest BCUT2D eigenvalue weighted by molar-refractivity contribution is 6.24. The van der Waals surface area contributed by atoms with Crippen LogP contribution >= 0.6 is 0 Å². The van der Waals surface area contributed by atoms with Crippen molar-refractivity contribution < 1.29 is 0 Å². The second-order valence-corrected chi connectivity index (χ2v) is 14.1. The minimum atomic E-state index is 0.467. The quantitative estimate of drug-likeness (QED) is 0.170. The van der Waals surface area contributed by atoms with Crippen molar-refractivity contribution in [1.29, 1.82) is 0 Å². The largest absolute Gasteiger partial charge is 0.338 e. The molecule has 0 unspecified atom stereocenters. The zero-order valence-corrected chi connectivity index (χ0v) is 28.6. The van der Waals surface area contributed by atoms with E-state index in [0.717, 1.165) is 17.3 Å². The highest BCUT2D eigenvalue weighted by atomic mass is 15.2. The second-order valence-electron chi connectivity index (χ2n) is 14.1. The lowest BCUT2D eigenvalue weighted by molar-refractivity contribution is 0.346. The average Bonchev–Trinajstić information content (AvgIpc) is 3.12. The molecule has 0 saturated heterocycles. The van der Waals surface area contributed by atoms with E-state index in [9.17, 15) is 0 Å². The lowest BCUT2D eigenvalue weighted by Gasteiger charge is -2.39. The van der Waals surface area contributed by atoms with Crippen molar-refractivity contribution in [2.75, 3.05) is 9.80 Å². The molecule has 0 radical (unpaired) electrons. The minimum Gasteiger partial charge on any atom is -0.338 e. The maximum atomic E-state index is 2.68. The Kier molecular flexibility index (Phi) is 7.89. The van der Waals surface area contributed by atoms with Gasteiger partial charge in [0.25, 0.3) is 0 Å². The van der Waals surface area contributed by atoms with Crippen LogP contribution in [0.4, 0.5) is 28.4 Å². The lowest BCUT2D eigenvalue weighted by atomic mass is 9.85. The van der Waals surface area contributed by atoms with E-state index >= 15 is 0 Å². The second kappa shape index (κ2) is 12.5. The Labute approximate surface area is 285 Å². The van der Waals surface area contributed by atoms with Gasteiger partial charge in [-0.05, 0) is 122 Å². The molecule has 2 nitrogen and oxygen atoms in total. The third kappa shape index (κ3) is 5.50. The number of aryl methyl sites for hydroxylation is 3. The number of anilines is 5. The zero-order valence-electron chi connectivity index (χ0n) is 28.6. The van der Waals surface area contributed by atoms with Gasteiger partial charge in [0.05, 0.1) is 5.69 Å². The molecule has 0 N–H and O–H groups in total. The van der Waals surface area contributed by atoms with Crippen LogP contribution in [-0.2, 0) is 0 Å². The van der Waals surface area contributed by atoms with Crippen molar-refractivity contribution in [3.63, 3.8) is 0 Å². The lowest BCUT2D eigenvalue weighted by Crippen LogP contribution is -2.34. The smallest absolute Gasteiger partial charge is 0.0546 e. The first-order valence-electron chi connectivity index (χ1n) is 17.6. The van der Waals surface area contributed by atoms with Crippen LogP contribution in [-0.4, -0.2) is 6.04 Å². The Bertz CT molecular complexity index is 2180. The third-order valence-electron chi connectivity index (χ3n) is 10.6. The van der Waals surface area contributed by atoms with Crippen molar-refractivity contribution in [3.05, 3.63) is 150 Å². The van der Waals surface area contributed by atoms with Crippen LogP contribution in [0.5, 0.6) is 0 Å².